The number of ether oxygens (including phenoxy) is 1. The summed E-state index contributed by atoms with van der Waals surface area (Å²) in [5, 5.41) is 13.9. The molecule has 3 heterocycles. The zero-order valence-corrected chi connectivity index (χ0v) is 22.0. The van der Waals surface area contributed by atoms with Gasteiger partial charge in [0.25, 0.3) is 0 Å². The number of esters is 1. The number of fused-ring (bicyclic) bond motifs is 2. The van der Waals surface area contributed by atoms with Gasteiger partial charge in [0.2, 0.25) is 0 Å². The van der Waals surface area contributed by atoms with E-state index in [0.717, 1.165) is 33.3 Å². The summed E-state index contributed by atoms with van der Waals surface area (Å²) >= 11 is 0. The highest BCUT2D eigenvalue weighted by Crippen LogP contribution is 2.27. The smallest absolute Gasteiger partial charge is 0.329 e. The van der Waals surface area contributed by atoms with Crippen molar-refractivity contribution in [2.45, 2.75) is 64.8 Å². The first-order chi connectivity index (χ1) is 18.3. The summed E-state index contributed by atoms with van der Waals surface area (Å²) in [4.78, 5) is 42.5. The van der Waals surface area contributed by atoms with Gasteiger partial charge in [-0.3, -0.25) is 5.10 Å². The highest BCUT2D eigenvalue weighted by atomic mass is 16.5. The largest absolute Gasteiger partial charge is 0.461 e. The van der Waals surface area contributed by atoms with Gasteiger partial charge in [-0.1, -0.05) is 24.3 Å². The van der Waals surface area contributed by atoms with Crippen LogP contribution in [-0.2, 0) is 22.5 Å². The van der Waals surface area contributed by atoms with E-state index in [9.17, 15) is 14.4 Å². The van der Waals surface area contributed by atoms with Crippen molar-refractivity contribution in [3.8, 4) is 0 Å². The van der Waals surface area contributed by atoms with Crippen LogP contribution in [0.15, 0.2) is 42.6 Å². The van der Waals surface area contributed by atoms with E-state index in [4.69, 9.17) is 4.74 Å². The molecule has 1 atom stereocenters. The molecular formula is C28H34N6O4. The number of aromatic amines is 1. The number of piperidine rings is 1. The number of hydrogen-bond donors (Lipinski definition) is 3. The van der Waals surface area contributed by atoms with Gasteiger partial charge in [0.15, 0.2) is 0 Å². The van der Waals surface area contributed by atoms with Crippen LogP contribution in [0.3, 0.4) is 0 Å². The summed E-state index contributed by atoms with van der Waals surface area (Å²) in [5.74, 6) is -0.461. The summed E-state index contributed by atoms with van der Waals surface area (Å²) < 4.78 is 5.47. The maximum Gasteiger partial charge on any atom is 0.329 e. The van der Waals surface area contributed by atoms with Gasteiger partial charge in [0.05, 0.1) is 17.8 Å². The second-order valence-corrected chi connectivity index (χ2v) is 10.4. The maximum absolute atomic E-state index is 13.2. The van der Waals surface area contributed by atoms with E-state index in [1.165, 1.54) is 0 Å². The molecule has 0 bridgehead atoms. The molecular weight excluding hydrogens is 484 g/mol. The number of benzene rings is 2. The summed E-state index contributed by atoms with van der Waals surface area (Å²) in [6.45, 7) is 7.11. The Morgan fingerprint density at radius 1 is 1.18 bits per heavy atom. The van der Waals surface area contributed by atoms with Gasteiger partial charge < -0.3 is 25.2 Å². The molecule has 2 aromatic carbocycles. The van der Waals surface area contributed by atoms with E-state index in [1.54, 1.807) is 24.9 Å². The molecule has 5 rings (SSSR count). The molecule has 0 aliphatic carbocycles. The standard InChI is InChI=1S/C28H34N6O4/c1-17(2)38-26(35)24(14-19-12-18(3)25-21(13-19)15-29-32-25)31-27(36)33-10-8-22(9-11-33)34-16-20-6-4-5-7-23(20)30-28(34)37/h4-7,12-13,15,17,22,24H,8-11,14,16H2,1-3H3,(H,29,32)(H,30,37)(H,31,36). The van der Waals surface area contributed by atoms with Crippen LogP contribution in [0.5, 0.6) is 0 Å². The lowest BCUT2D eigenvalue weighted by molar-refractivity contribution is -0.149. The van der Waals surface area contributed by atoms with Crippen molar-refractivity contribution in [1.82, 2.24) is 25.3 Å². The fraction of sp³-hybridized carbons (Fsp3) is 0.429. The zero-order valence-electron chi connectivity index (χ0n) is 22.0. The number of H-pyrrole nitrogens is 1. The first kappa shape index (κ1) is 25.6. The van der Waals surface area contributed by atoms with Crippen molar-refractivity contribution in [1.29, 1.82) is 0 Å². The molecule has 0 radical (unpaired) electrons. The number of carbonyl (C=O) groups is 3. The topological polar surface area (TPSA) is 120 Å². The number of para-hydroxylation sites is 1. The molecule has 10 nitrogen and oxygen atoms in total. The Bertz CT molecular complexity index is 1340. The first-order valence-corrected chi connectivity index (χ1v) is 13.1. The van der Waals surface area contributed by atoms with E-state index in [1.807, 2.05) is 48.2 Å². The molecule has 0 saturated carbocycles. The highest BCUT2D eigenvalue weighted by Gasteiger charge is 2.34. The van der Waals surface area contributed by atoms with Crippen LogP contribution in [0.1, 0.15) is 43.4 Å². The average Bonchev–Trinajstić information content (AvgIpc) is 3.37. The molecule has 2 aliphatic heterocycles. The van der Waals surface area contributed by atoms with Crippen LogP contribution < -0.4 is 10.6 Å². The number of aromatic nitrogens is 2. The first-order valence-electron chi connectivity index (χ1n) is 13.1. The second kappa shape index (κ2) is 10.7. The van der Waals surface area contributed by atoms with Crippen molar-refractivity contribution in [2.75, 3.05) is 18.4 Å². The number of anilines is 1. The second-order valence-electron chi connectivity index (χ2n) is 10.4. The Morgan fingerprint density at radius 2 is 1.95 bits per heavy atom. The van der Waals surface area contributed by atoms with Crippen molar-refractivity contribution < 1.29 is 19.1 Å². The van der Waals surface area contributed by atoms with Crippen LogP contribution in [0, 0.1) is 6.92 Å². The number of nitrogens with zero attached hydrogens (tertiary/aromatic N) is 3. The van der Waals surface area contributed by atoms with Gasteiger partial charge in [-0.15, -0.1) is 0 Å². The fourth-order valence-corrected chi connectivity index (χ4v) is 5.31. The van der Waals surface area contributed by atoms with E-state index in [-0.39, 0.29) is 24.2 Å². The lowest BCUT2D eigenvalue weighted by Gasteiger charge is -2.40. The van der Waals surface area contributed by atoms with E-state index >= 15 is 0 Å². The molecule has 200 valence electrons. The third kappa shape index (κ3) is 5.44. The molecule has 1 fully saturated rings. The van der Waals surface area contributed by atoms with Gasteiger partial charge >= 0.3 is 18.0 Å². The summed E-state index contributed by atoms with van der Waals surface area (Å²) in [5.41, 5.74) is 4.82. The van der Waals surface area contributed by atoms with Gasteiger partial charge in [0.1, 0.15) is 6.04 Å². The SMILES string of the molecule is Cc1cc(CC(NC(=O)N2CCC(N3Cc4ccccc4NC3=O)CC2)C(=O)OC(C)C)cc2cn[nH]c12. The van der Waals surface area contributed by atoms with Crippen LogP contribution in [0.4, 0.5) is 15.3 Å². The lowest BCUT2D eigenvalue weighted by atomic mass is 10.0. The number of aryl methyl sites for hydroxylation is 1. The van der Waals surface area contributed by atoms with E-state index in [2.05, 4.69) is 20.8 Å². The average molecular weight is 519 g/mol. The Labute approximate surface area is 221 Å². The summed E-state index contributed by atoms with van der Waals surface area (Å²) in [6, 6.07) is 10.6. The minimum Gasteiger partial charge on any atom is -0.461 e. The Kier molecular flexibility index (Phi) is 7.22. The Hall–Kier alpha value is -4.08. The lowest BCUT2D eigenvalue weighted by Crippen LogP contribution is -2.55. The van der Waals surface area contributed by atoms with Gasteiger partial charge in [0, 0.05) is 43.2 Å². The molecule has 1 saturated heterocycles. The maximum atomic E-state index is 13.2. The molecule has 3 aromatic rings. The normalized spacial score (nSPS) is 16.8. The molecule has 1 unspecified atom stereocenters. The van der Waals surface area contributed by atoms with E-state index < -0.39 is 12.0 Å². The molecule has 0 spiro atoms. The van der Waals surface area contributed by atoms with Crippen molar-refractivity contribution in [3.63, 3.8) is 0 Å². The number of likely N-dealkylation sites (tertiary alicyclic amines) is 1. The Morgan fingerprint density at radius 3 is 2.71 bits per heavy atom. The summed E-state index contributed by atoms with van der Waals surface area (Å²) in [6.07, 6.45) is 3.10. The minimum absolute atomic E-state index is 0.0405. The highest BCUT2D eigenvalue weighted by molar-refractivity contribution is 5.92. The van der Waals surface area contributed by atoms with Gasteiger partial charge in [-0.25, -0.2) is 14.4 Å². The summed E-state index contributed by atoms with van der Waals surface area (Å²) in [7, 11) is 0. The number of nitrogens with one attached hydrogen (secondary N) is 3. The third-order valence-electron chi connectivity index (χ3n) is 7.23. The van der Waals surface area contributed by atoms with Crippen LogP contribution in [0.25, 0.3) is 10.9 Å². The number of urea groups is 2. The van der Waals surface area contributed by atoms with Gasteiger partial charge in [-0.2, -0.15) is 5.10 Å². The quantitative estimate of drug-likeness (QED) is 0.427. The number of carbonyl (C=O) groups excluding carboxylic acids is 3. The molecule has 3 N–H and O–H groups in total. The third-order valence-corrected chi connectivity index (χ3v) is 7.23. The number of amides is 4. The molecule has 1 aromatic heterocycles. The number of rotatable bonds is 6. The predicted octanol–water partition coefficient (Wildman–Crippen LogP) is 3.96. The van der Waals surface area contributed by atoms with Crippen molar-refractivity contribution >= 4 is 34.6 Å². The molecule has 38 heavy (non-hydrogen) atoms. The van der Waals surface area contributed by atoms with Crippen LogP contribution in [-0.4, -0.2) is 69.3 Å². The van der Waals surface area contributed by atoms with Crippen LogP contribution in [0.2, 0.25) is 0 Å². The number of hydrogen-bond acceptors (Lipinski definition) is 5. The van der Waals surface area contributed by atoms with Gasteiger partial charge in [-0.05, 0) is 62.4 Å². The van der Waals surface area contributed by atoms with Crippen molar-refractivity contribution in [2.24, 2.45) is 0 Å². The Balaban J connectivity index is 1.23. The minimum atomic E-state index is -0.823. The monoisotopic (exact) mass is 518 g/mol. The molecule has 10 heteroatoms. The molecule has 4 amide bonds. The molecule has 2 aliphatic rings. The van der Waals surface area contributed by atoms with Crippen molar-refractivity contribution in [3.05, 3.63) is 59.3 Å². The predicted molar refractivity (Wildman–Crippen MR) is 144 cm³/mol. The fourth-order valence-electron chi connectivity index (χ4n) is 5.31. The zero-order chi connectivity index (χ0) is 26.8. The van der Waals surface area contributed by atoms with E-state index in [0.29, 0.717) is 38.9 Å². The van der Waals surface area contributed by atoms with Crippen LogP contribution >= 0.6 is 0 Å².